The summed E-state index contributed by atoms with van der Waals surface area (Å²) in [6, 6.07) is 5.09. The van der Waals surface area contributed by atoms with Crippen molar-refractivity contribution in [3.8, 4) is 0 Å². The van der Waals surface area contributed by atoms with Crippen LogP contribution in [0.4, 0.5) is 4.39 Å². The third-order valence-electron chi connectivity index (χ3n) is 3.32. The number of H-pyrrole nitrogens is 1. The molecule has 2 aromatic rings. The molecule has 1 fully saturated rings. The zero-order chi connectivity index (χ0) is 14.8. The summed E-state index contributed by atoms with van der Waals surface area (Å²) in [6.07, 6.45) is 0. The van der Waals surface area contributed by atoms with Crippen molar-refractivity contribution in [1.82, 2.24) is 15.4 Å². The van der Waals surface area contributed by atoms with Gasteiger partial charge in [0.05, 0.1) is 18.8 Å². The summed E-state index contributed by atoms with van der Waals surface area (Å²) >= 11 is 0. The fraction of sp³-hybridized carbons (Fsp3) is 0.286. The summed E-state index contributed by atoms with van der Waals surface area (Å²) in [7, 11) is 0. The topological polar surface area (TPSA) is 74.4 Å². The Morgan fingerprint density at radius 3 is 2.81 bits per heavy atom. The maximum Gasteiger partial charge on any atom is 0.266 e. The van der Waals surface area contributed by atoms with Crippen LogP contribution in [-0.4, -0.2) is 42.2 Å². The molecule has 7 heteroatoms. The molecule has 0 radical (unpaired) electrons. The third-order valence-corrected chi connectivity index (χ3v) is 3.32. The number of aromatic nitrogens is 1. The number of fused-ring (bicyclic) bond motifs is 1. The number of nitrogens with one attached hydrogen (secondary N) is 2. The van der Waals surface area contributed by atoms with E-state index >= 15 is 0 Å². The lowest BCUT2D eigenvalue weighted by Gasteiger charge is -2.27. The highest BCUT2D eigenvalue weighted by Gasteiger charge is 2.17. The lowest BCUT2D eigenvalue weighted by atomic mass is 10.1. The number of carbonyl (C=O) groups excluding carboxylic acids is 1. The molecule has 3 rings (SSSR count). The van der Waals surface area contributed by atoms with Gasteiger partial charge < -0.3 is 9.72 Å². The number of nitrogens with zero attached hydrogens (tertiary/aromatic N) is 1. The summed E-state index contributed by atoms with van der Waals surface area (Å²) < 4.78 is 18.6. The van der Waals surface area contributed by atoms with E-state index in [0.717, 1.165) is 0 Å². The van der Waals surface area contributed by atoms with E-state index in [2.05, 4.69) is 10.4 Å². The number of morpholine rings is 1. The molecule has 1 aromatic carbocycles. The largest absolute Gasteiger partial charge is 0.379 e. The Bertz CT molecular complexity index is 738. The monoisotopic (exact) mass is 291 g/mol. The summed E-state index contributed by atoms with van der Waals surface area (Å²) in [6.45, 7) is 2.21. The quantitative estimate of drug-likeness (QED) is 0.851. The van der Waals surface area contributed by atoms with Gasteiger partial charge >= 0.3 is 0 Å². The van der Waals surface area contributed by atoms with Crippen LogP contribution in [0.2, 0.25) is 0 Å². The Labute approximate surface area is 119 Å². The number of ether oxygens (including phenoxy) is 1. The Balaban J connectivity index is 1.96. The number of amides is 1. The molecule has 0 atom stereocenters. The Morgan fingerprint density at radius 1 is 1.29 bits per heavy atom. The molecule has 1 amide bonds. The first-order valence-corrected chi connectivity index (χ1v) is 6.60. The van der Waals surface area contributed by atoms with Crippen molar-refractivity contribution in [2.75, 3.05) is 26.3 Å². The molecule has 21 heavy (non-hydrogen) atoms. The van der Waals surface area contributed by atoms with Gasteiger partial charge in [-0.25, -0.2) is 9.40 Å². The standard InChI is InChI=1S/C14H14FN3O3/c15-9-1-2-12-10(7-9)11(8-13(19)16-12)14(20)17-18-3-5-21-6-4-18/h1-2,7-8H,3-6H2,(H,16,19)(H,17,20). The summed E-state index contributed by atoms with van der Waals surface area (Å²) in [5, 5.41) is 2.10. The van der Waals surface area contributed by atoms with Crippen LogP contribution in [0.3, 0.4) is 0 Å². The van der Waals surface area contributed by atoms with Crippen molar-refractivity contribution in [2.24, 2.45) is 0 Å². The molecule has 110 valence electrons. The minimum Gasteiger partial charge on any atom is -0.379 e. The normalized spacial score (nSPS) is 16.0. The second kappa shape index (κ2) is 5.63. The Morgan fingerprint density at radius 2 is 2.05 bits per heavy atom. The number of hydrazine groups is 1. The van der Waals surface area contributed by atoms with Gasteiger partial charge in [0.15, 0.2) is 0 Å². The lowest BCUT2D eigenvalue weighted by molar-refractivity contribution is 0.0127. The average molecular weight is 291 g/mol. The van der Waals surface area contributed by atoms with Crippen LogP contribution < -0.4 is 11.0 Å². The fourth-order valence-corrected chi connectivity index (χ4v) is 2.29. The average Bonchev–Trinajstić information content (AvgIpc) is 2.48. The number of halogens is 1. The smallest absolute Gasteiger partial charge is 0.266 e. The number of aromatic amines is 1. The first kappa shape index (κ1) is 13.7. The minimum atomic E-state index is -0.463. The van der Waals surface area contributed by atoms with Gasteiger partial charge in [-0.3, -0.25) is 15.0 Å². The third kappa shape index (κ3) is 2.93. The van der Waals surface area contributed by atoms with Gasteiger partial charge in [-0.15, -0.1) is 0 Å². The van der Waals surface area contributed by atoms with E-state index in [9.17, 15) is 14.0 Å². The van der Waals surface area contributed by atoms with Gasteiger partial charge in [0.25, 0.3) is 5.91 Å². The van der Waals surface area contributed by atoms with E-state index in [1.165, 1.54) is 24.3 Å². The SMILES string of the molecule is O=C(NN1CCOCC1)c1cc(=O)[nH]c2ccc(F)cc12. The summed E-state index contributed by atoms with van der Waals surface area (Å²) in [5.41, 5.74) is 2.89. The minimum absolute atomic E-state index is 0.153. The van der Waals surface area contributed by atoms with Gasteiger partial charge in [-0.2, -0.15) is 0 Å². The van der Waals surface area contributed by atoms with Crippen LogP contribution >= 0.6 is 0 Å². The molecule has 0 bridgehead atoms. The van der Waals surface area contributed by atoms with Gasteiger partial charge in [0, 0.05) is 30.1 Å². The summed E-state index contributed by atoms with van der Waals surface area (Å²) in [5.74, 6) is -0.895. The fourth-order valence-electron chi connectivity index (χ4n) is 2.29. The number of carbonyl (C=O) groups is 1. The predicted molar refractivity (Wildman–Crippen MR) is 74.4 cm³/mol. The molecule has 2 heterocycles. The molecule has 1 aromatic heterocycles. The maximum atomic E-state index is 13.4. The lowest BCUT2D eigenvalue weighted by Crippen LogP contribution is -2.48. The molecular weight excluding hydrogens is 277 g/mol. The van der Waals surface area contributed by atoms with Crippen molar-refractivity contribution in [3.63, 3.8) is 0 Å². The highest BCUT2D eigenvalue weighted by molar-refractivity contribution is 6.05. The summed E-state index contributed by atoms with van der Waals surface area (Å²) in [4.78, 5) is 26.5. The first-order chi connectivity index (χ1) is 10.1. The Hall–Kier alpha value is -2.25. The van der Waals surface area contributed by atoms with Gasteiger partial charge in [0.2, 0.25) is 5.56 Å². The number of benzene rings is 1. The first-order valence-electron chi connectivity index (χ1n) is 6.60. The molecular formula is C14H14FN3O3. The second-order valence-corrected chi connectivity index (χ2v) is 4.78. The Kier molecular flexibility index (Phi) is 3.68. The highest BCUT2D eigenvalue weighted by atomic mass is 19.1. The van der Waals surface area contributed by atoms with Crippen LogP contribution in [0.1, 0.15) is 10.4 Å². The van der Waals surface area contributed by atoms with Crippen LogP contribution in [-0.2, 0) is 4.74 Å². The van der Waals surface area contributed by atoms with E-state index in [1.807, 2.05) is 0 Å². The number of hydrogen-bond donors (Lipinski definition) is 2. The van der Waals surface area contributed by atoms with Gasteiger partial charge in [-0.1, -0.05) is 0 Å². The van der Waals surface area contributed by atoms with E-state index in [1.54, 1.807) is 5.01 Å². The predicted octanol–water partition coefficient (Wildman–Crippen LogP) is 0.644. The van der Waals surface area contributed by atoms with Crippen LogP contribution in [0, 0.1) is 5.82 Å². The van der Waals surface area contributed by atoms with Crippen molar-refractivity contribution >= 4 is 16.8 Å². The van der Waals surface area contributed by atoms with Crippen molar-refractivity contribution < 1.29 is 13.9 Å². The molecule has 2 N–H and O–H groups in total. The molecule has 6 nitrogen and oxygen atoms in total. The van der Waals surface area contributed by atoms with E-state index in [4.69, 9.17) is 4.74 Å². The van der Waals surface area contributed by atoms with Crippen LogP contribution in [0.5, 0.6) is 0 Å². The molecule has 0 unspecified atom stereocenters. The maximum absolute atomic E-state index is 13.4. The zero-order valence-corrected chi connectivity index (χ0v) is 11.2. The number of rotatable bonds is 2. The molecule has 0 aliphatic carbocycles. The number of hydrogen-bond acceptors (Lipinski definition) is 4. The molecule has 1 aliphatic heterocycles. The highest BCUT2D eigenvalue weighted by Crippen LogP contribution is 2.16. The van der Waals surface area contributed by atoms with Gasteiger partial charge in [-0.05, 0) is 18.2 Å². The zero-order valence-electron chi connectivity index (χ0n) is 11.2. The van der Waals surface area contributed by atoms with E-state index < -0.39 is 17.3 Å². The van der Waals surface area contributed by atoms with Gasteiger partial charge in [0.1, 0.15) is 5.82 Å². The molecule has 0 saturated carbocycles. The van der Waals surface area contributed by atoms with Crippen LogP contribution in [0.15, 0.2) is 29.1 Å². The van der Waals surface area contributed by atoms with Crippen molar-refractivity contribution in [3.05, 3.63) is 46.0 Å². The van der Waals surface area contributed by atoms with Crippen molar-refractivity contribution in [2.45, 2.75) is 0 Å². The van der Waals surface area contributed by atoms with Crippen LogP contribution in [0.25, 0.3) is 10.9 Å². The van der Waals surface area contributed by atoms with E-state index in [0.29, 0.717) is 37.2 Å². The molecule has 0 spiro atoms. The number of pyridine rings is 1. The van der Waals surface area contributed by atoms with Crippen molar-refractivity contribution in [1.29, 1.82) is 0 Å². The molecule has 1 saturated heterocycles. The molecule has 1 aliphatic rings. The second-order valence-electron chi connectivity index (χ2n) is 4.78. The van der Waals surface area contributed by atoms with E-state index in [-0.39, 0.29) is 5.56 Å².